The van der Waals surface area contributed by atoms with Gasteiger partial charge in [0.05, 0.1) is 16.4 Å². The number of aromatic nitrogens is 4. The van der Waals surface area contributed by atoms with Crippen LogP contribution in [0.15, 0.2) is 6.07 Å². The van der Waals surface area contributed by atoms with Crippen LogP contribution in [0.3, 0.4) is 0 Å². The number of aryl methyl sites for hydroxylation is 3. The summed E-state index contributed by atoms with van der Waals surface area (Å²) in [4.78, 5) is 12.0. The van der Waals surface area contributed by atoms with Gasteiger partial charge in [-0.15, -0.1) is 0 Å². The molecule has 0 saturated heterocycles. The summed E-state index contributed by atoms with van der Waals surface area (Å²) in [6.07, 6.45) is -4.01. The van der Waals surface area contributed by atoms with Gasteiger partial charge in [0.15, 0.2) is 5.69 Å². The molecule has 2 heterocycles. The fourth-order valence-electron chi connectivity index (χ4n) is 2.23. The molecule has 0 saturated carbocycles. The number of nitrogens with zero attached hydrogens (tertiary/aromatic N) is 4. The van der Waals surface area contributed by atoms with Crippen molar-refractivity contribution in [1.29, 1.82) is 0 Å². The molecule has 132 valence electrons. The average Bonchev–Trinajstić information content (AvgIpc) is 2.99. The summed E-state index contributed by atoms with van der Waals surface area (Å²) in [6, 6.07) is 0.732. The molecule has 0 unspecified atom stereocenters. The van der Waals surface area contributed by atoms with E-state index in [1.165, 1.54) is 7.05 Å². The minimum Gasteiger partial charge on any atom is -0.351 e. The second kappa shape index (κ2) is 6.84. The second-order valence-corrected chi connectivity index (χ2v) is 5.73. The van der Waals surface area contributed by atoms with Gasteiger partial charge in [0.2, 0.25) is 0 Å². The molecule has 0 radical (unpaired) electrons. The van der Waals surface area contributed by atoms with Crippen molar-refractivity contribution in [2.45, 2.75) is 33.0 Å². The molecule has 0 fully saturated rings. The van der Waals surface area contributed by atoms with Crippen LogP contribution >= 0.6 is 11.6 Å². The quantitative estimate of drug-likeness (QED) is 0.831. The van der Waals surface area contributed by atoms with Crippen molar-refractivity contribution in [3.05, 3.63) is 33.9 Å². The van der Waals surface area contributed by atoms with Gasteiger partial charge in [-0.2, -0.15) is 23.4 Å². The first-order chi connectivity index (χ1) is 11.1. The average molecular weight is 364 g/mol. The summed E-state index contributed by atoms with van der Waals surface area (Å²) in [5.74, 6) is -0.605. The van der Waals surface area contributed by atoms with Crippen LogP contribution in [0.2, 0.25) is 5.02 Å². The monoisotopic (exact) mass is 363 g/mol. The molecule has 0 atom stereocenters. The SMILES string of the molecule is Cc1nn(CCCNC(=O)c2cc(C(F)(F)F)nn2C)c(C)c1Cl. The molecular weight excluding hydrogens is 347 g/mol. The summed E-state index contributed by atoms with van der Waals surface area (Å²) in [5.41, 5.74) is 0.332. The van der Waals surface area contributed by atoms with Crippen molar-refractivity contribution in [3.63, 3.8) is 0 Å². The number of hydrogen-bond acceptors (Lipinski definition) is 3. The Bertz CT molecular complexity index is 750. The normalized spacial score (nSPS) is 11.8. The number of alkyl halides is 3. The number of hydrogen-bond donors (Lipinski definition) is 1. The fourth-order valence-corrected chi connectivity index (χ4v) is 2.37. The van der Waals surface area contributed by atoms with E-state index < -0.39 is 17.8 Å². The summed E-state index contributed by atoms with van der Waals surface area (Å²) < 4.78 is 40.4. The molecule has 1 N–H and O–H groups in total. The molecule has 0 aliphatic heterocycles. The number of carbonyl (C=O) groups excluding carboxylic acids is 1. The highest BCUT2D eigenvalue weighted by atomic mass is 35.5. The van der Waals surface area contributed by atoms with Crippen LogP contribution in [0.25, 0.3) is 0 Å². The number of carbonyl (C=O) groups is 1. The van der Waals surface area contributed by atoms with E-state index in [-0.39, 0.29) is 5.69 Å². The van der Waals surface area contributed by atoms with Crippen LogP contribution in [0.4, 0.5) is 13.2 Å². The zero-order chi connectivity index (χ0) is 18.1. The van der Waals surface area contributed by atoms with Crippen LogP contribution in [0.5, 0.6) is 0 Å². The molecule has 2 rings (SSSR count). The highest BCUT2D eigenvalue weighted by Crippen LogP contribution is 2.28. The Labute approximate surface area is 141 Å². The first-order valence-corrected chi connectivity index (χ1v) is 7.58. The Balaban J connectivity index is 1.90. The predicted molar refractivity (Wildman–Crippen MR) is 81.9 cm³/mol. The zero-order valence-electron chi connectivity index (χ0n) is 13.4. The van der Waals surface area contributed by atoms with Crippen LogP contribution in [0.1, 0.15) is 34.0 Å². The van der Waals surface area contributed by atoms with Gasteiger partial charge in [0.25, 0.3) is 5.91 Å². The lowest BCUT2D eigenvalue weighted by Crippen LogP contribution is -2.27. The van der Waals surface area contributed by atoms with E-state index in [0.29, 0.717) is 24.5 Å². The fraction of sp³-hybridized carbons (Fsp3) is 0.500. The Kier molecular flexibility index (Phi) is 5.22. The van der Waals surface area contributed by atoms with Crippen molar-refractivity contribution >= 4 is 17.5 Å². The molecule has 2 aromatic heterocycles. The summed E-state index contributed by atoms with van der Waals surface area (Å²) in [7, 11) is 1.29. The van der Waals surface area contributed by atoms with E-state index in [0.717, 1.165) is 22.1 Å². The van der Waals surface area contributed by atoms with Crippen LogP contribution in [0, 0.1) is 13.8 Å². The molecule has 0 bridgehead atoms. The van der Waals surface area contributed by atoms with Crippen molar-refractivity contribution < 1.29 is 18.0 Å². The van der Waals surface area contributed by atoms with Gasteiger partial charge < -0.3 is 5.32 Å². The summed E-state index contributed by atoms with van der Waals surface area (Å²) in [6.45, 7) is 4.48. The topological polar surface area (TPSA) is 64.7 Å². The summed E-state index contributed by atoms with van der Waals surface area (Å²) in [5, 5.41) is 10.7. The first kappa shape index (κ1) is 18.3. The van der Waals surface area contributed by atoms with Crippen LogP contribution < -0.4 is 5.32 Å². The Morgan fingerprint density at radius 2 is 2.00 bits per heavy atom. The highest BCUT2D eigenvalue weighted by Gasteiger charge is 2.35. The first-order valence-electron chi connectivity index (χ1n) is 7.20. The lowest BCUT2D eigenvalue weighted by molar-refractivity contribution is -0.141. The van der Waals surface area contributed by atoms with Gasteiger partial charge in [-0.25, -0.2) is 0 Å². The van der Waals surface area contributed by atoms with Crippen molar-refractivity contribution in [1.82, 2.24) is 24.9 Å². The third-order valence-electron chi connectivity index (χ3n) is 3.53. The third kappa shape index (κ3) is 3.89. The molecule has 0 spiro atoms. The zero-order valence-corrected chi connectivity index (χ0v) is 14.2. The van der Waals surface area contributed by atoms with E-state index >= 15 is 0 Å². The largest absolute Gasteiger partial charge is 0.435 e. The Morgan fingerprint density at radius 3 is 2.50 bits per heavy atom. The Morgan fingerprint density at radius 1 is 1.33 bits per heavy atom. The van der Waals surface area contributed by atoms with Crippen molar-refractivity contribution in [3.8, 4) is 0 Å². The molecular formula is C14H17ClF3N5O. The maximum atomic E-state index is 12.6. The molecule has 1 amide bonds. The van der Waals surface area contributed by atoms with E-state index in [2.05, 4.69) is 15.5 Å². The lowest BCUT2D eigenvalue weighted by Gasteiger charge is -2.06. The van der Waals surface area contributed by atoms with E-state index in [1.807, 2.05) is 6.92 Å². The summed E-state index contributed by atoms with van der Waals surface area (Å²) >= 11 is 6.04. The molecule has 0 aliphatic rings. The van der Waals surface area contributed by atoms with Gasteiger partial charge in [-0.3, -0.25) is 14.2 Å². The van der Waals surface area contributed by atoms with Crippen molar-refractivity contribution in [2.24, 2.45) is 7.05 Å². The number of rotatable bonds is 5. The predicted octanol–water partition coefficient (Wildman–Crippen LogP) is 2.73. The maximum Gasteiger partial charge on any atom is 0.435 e. The molecule has 6 nitrogen and oxygen atoms in total. The van der Waals surface area contributed by atoms with Gasteiger partial charge in [0, 0.05) is 26.2 Å². The van der Waals surface area contributed by atoms with Crippen molar-refractivity contribution in [2.75, 3.05) is 6.54 Å². The van der Waals surface area contributed by atoms with E-state index in [1.54, 1.807) is 11.6 Å². The van der Waals surface area contributed by atoms with Gasteiger partial charge in [-0.1, -0.05) is 11.6 Å². The maximum absolute atomic E-state index is 12.6. The second-order valence-electron chi connectivity index (χ2n) is 5.35. The van der Waals surface area contributed by atoms with Crippen LogP contribution in [-0.2, 0) is 19.8 Å². The number of nitrogens with one attached hydrogen (secondary N) is 1. The molecule has 2 aromatic rings. The van der Waals surface area contributed by atoms with E-state index in [4.69, 9.17) is 11.6 Å². The van der Waals surface area contributed by atoms with E-state index in [9.17, 15) is 18.0 Å². The highest BCUT2D eigenvalue weighted by molar-refractivity contribution is 6.31. The minimum absolute atomic E-state index is 0.142. The van der Waals surface area contributed by atoms with Crippen LogP contribution in [-0.4, -0.2) is 32.0 Å². The Hall–Kier alpha value is -2.03. The molecule has 0 aromatic carbocycles. The number of amides is 1. The standard InChI is InChI=1S/C14H17ClF3N5O/c1-8-12(15)9(2)23(20-8)6-4-5-19-13(24)10-7-11(14(16,17)18)21-22(10)3/h7H,4-6H2,1-3H3,(H,19,24). The number of halogens is 4. The molecule has 24 heavy (non-hydrogen) atoms. The van der Waals surface area contributed by atoms with Gasteiger partial charge >= 0.3 is 6.18 Å². The lowest BCUT2D eigenvalue weighted by atomic mass is 10.3. The minimum atomic E-state index is -4.58. The van der Waals surface area contributed by atoms with Gasteiger partial charge in [0.1, 0.15) is 5.69 Å². The third-order valence-corrected chi connectivity index (χ3v) is 4.08. The smallest absolute Gasteiger partial charge is 0.351 e. The molecule has 10 heteroatoms. The molecule has 0 aliphatic carbocycles. The van der Waals surface area contributed by atoms with Gasteiger partial charge in [-0.05, 0) is 20.3 Å².